The number of benzene rings is 2. The normalized spacial score (nSPS) is 10.1. The number of carbonyl (C=O) groups excluding carboxylic acids is 1. The quantitative estimate of drug-likeness (QED) is 0.399. The molecule has 6 nitrogen and oxygen atoms in total. The van der Waals surface area contributed by atoms with Crippen LogP contribution in [0.3, 0.4) is 0 Å². The second kappa shape index (κ2) is 7.78. The fourth-order valence-corrected chi connectivity index (χ4v) is 2.87. The summed E-state index contributed by atoms with van der Waals surface area (Å²) in [6.07, 6.45) is 0. The third kappa shape index (κ3) is 4.79. The summed E-state index contributed by atoms with van der Waals surface area (Å²) in [5, 5.41) is 18.6. The lowest BCUT2D eigenvalue weighted by atomic mass is 10.2. The van der Waals surface area contributed by atoms with E-state index in [2.05, 4.69) is 20.9 Å². The van der Waals surface area contributed by atoms with Crippen LogP contribution in [-0.2, 0) is 0 Å². The molecule has 0 unspecified atom stereocenters. The van der Waals surface area contributed by atoms with Gasteiger partial charge >= 0.3 is 6.03 Å². The van der Waals surface area contributed by atoms with Crippen LogP contribution in [-0.4, -0.2) is 17.0 Å². The molecule has 0 fully saturated rings. The zero-order valence-electron chi connectivity index (χ0n) is 12.9. The Morgan fingerprint density at radius 1 is 1.04 bits per heavy atom. The summed E-state index contributed by atoms with van der Waals surface area (Å²) in [4.78, 5) is 16.3. The van der Waals surface area contributed by atoms with Gasteiger partial charge in [0.05, 0.1) is 5.69 Å². The van der Waals surface area contributed by atoms with Crippen molar-refractivity contribution in [3.05, 3.63) is 65.0 Å². The summed E-state index contributed by atoms with van der Waals surface area (Å²) < 4.78 is 0. The standard InChI is InChI=1S/C17H14ClN5OS/c18-12-6-8-13(9-7-12)20-16(24)22-15(19)23-17-21-14(10-25-17)11-4-2-1-3-5-11/h1-10H,(H4,19,20,21,22,23,24). The number of aromatic nitrogens is 1. The first-order valence-electron chi connectivity index (χ1n) is 7.30. The van der Waals surface area contributed by atoms with Gasteiger partial charge in [0.15, 0.2) is 5.13 Å². The minimum absolute atomic E-state index is 0.166. The average Bonchev–Trinajstić information content (AvgIpc) is 3.06. The van der Waals surface area contributed by atoms with Gasteiger partial charge in [0.25, 0.3) is 0 Å². The summed E-state index contributed by atoms with van der Waals surface area (Å²) in [5.41, 5.74) is 2.38. The number of urea groups is 1. The molecule has 0 aliphatic carbocycles. The predicted octanol–water partition coefficient (Wildman–Crippen LogP) is 4.63. The number of anilines is 2. The van der Waals surface area contributed by atoms with Gasteiger partial charge in [-0.15, -0.1) is 11.3 Å². The maximum absolute atomic E-state index is 11.9. The highest BCUT2D eigenvalue weighted by Crippen LogP contribution is 2.24. The maximum Gasteiger partial charge on any atom is 0.325 e. The van der Waals surface area contributed by atoms with Crippen LogP contribution in [0.4, 0.5) is 15.6 Å². The van der Waals surface area contributed by atoms with E-state index in [0.717, 1.165) is 11.3 Å². The number of halogens is 1. The van der Waals surface area contributed by atoms with E-state index in [1.54, 1.807) is 24.3 Å². The van der Waals surface area contributed by atoms with E-state index in [4.69, 9.17) is 17.0 Å². The van der Waals surface area contributed by atoms with Crippen molar-refractivity contribution >= 4 is 45.7 Å². The van der Waals surface area contributed by atoms with Gasteiger partial charge in [0.1, 0.15) is 0 Å². The number of hydrogen-bond acceptors (Lipinski definition) is 4. The Morgan fingerprint density at radius 3 is 2.48 bits per heavy atom. The van der Waals surface area contributed by atoms with E-state index in [0.29, 0.717) is 15.8 Å². The third-order valence-electron chi connectivity index (χ3n) is 3.15. The summed E-state index contributed by atoms with van der Waals surface area (Å²) in [5.74, 6) is -0.166. The van der Waals surface area contributed by atoms with Gasteiger partial charge in [0.2, 0.25) is 5.96 Å². The van der Waals surface area contributed by atoms with Crippen molar-refractivity contribution < 1.29 is 4.79 Å². The van der Waals surface area contributed by atoms with Gasteiger partial charge in [-0.25, -0.2) is 9.78 Å². The molecular formula is C17H14ClN5OS. The molecule has 1 aromatic heterocycles. The minimum Gasteiger partial charge on any atom is -0.308 e. The number of hydrogen-bond donors (Lipinski definition) is 4. The molecule has 0 saturated carbocycles. The zero-order chi connectivity index (χ0) is 17.6. The van der Waals surface area contributed by atoms with Crippen LogP contribution in [0, 0.1) is 5.41 Å². The molecule has 0 atom stereocenters. The second-order valence-corrected chi connectivity index (χ2v) is 6.28. The summed E-state index contributed by atoms with van der Waals surface area (Å²) in [7, 11) is 0. The molecule has 2 aromatic carbocycles. The van der Waals surface area contributed by atoms with E-state index in [1.807, 2.05) is 35.7 Å². The number of guanidine groups is 1. The molecule has 1 heterocycles. The molecule has 0 aliphatic heterocycles. The molecule has 0 aliphatic rings. The molecule has 3 aromatic rings. The number of rotatable bonds is 3. The smallest absolute Gasteiger partial charge is 0.308 e. The SMILES string of the molecule is N=C(NC(=O)Nc1ccc(Cl)cc1)Nc1nc(-c2ccccc2)cs1. The first-order valence-corrected chi connectivity index (χ1v) is 8.56. The van der Waals surface area contributed by atoms with E-state index >= 15 is 0 Å². The Labute approximate surface area is 153 Å². The molecule has 0 spiro atoms. The molecule has 8 heteroatoms. The van der Waals surface area contributed by atoms with Crippen LogP contribution in [0.1, 0.15) is 0 Å². The van der Waals surface area contributed by atoms with Crippen LogP contribution in [0.5, 0.6) is 0 Å². The monoisotopic (exact) mass is 371 g/mol. The number of nitrogens with one attached hydrogen (secondary N) is 4. The van der Waals surface area contributed by atoms with E-state index < -0.39 is 6.03 Å². The molecular weight excluding hydrogens is 358 g/mol. The second-order valence-electron chi connectivity index (χ2n) is 4.99. The summed E-state index contributed by atoms with van der Waals surface area (Å²) in [6, 6.07) is 15.9. The predicted molar refractivity (Wildman–Crippen MR) is 103 cm³/mol. The zero-order valence-corrected chi connectivity index (χ0v) is 14.5. The lowest BCUT2D eigenvalue weighted by molar-refractivity contribution is 0.256. The lowest BCUT2D eigenvalue weighted by Crippen LogP contribution is -2.38. The number of carbonyl (C=O) groups is 1. The fourth-order valence-electron chi connectivity index (χ4n) is 2.02. The van der Waals surface area contributed by atoms with Gasteiger partial charge in [0, 0.05) is 21.7 Å². The van der Waals surface area contributed by atoms with Crippen molar-refractivity contribution in [2.75, 3.05) is 10.6 Å². The molecule has 0 saturated heterocycles. The van der Waals surface area contributed by atoms with E-state index in [9.17, 15) is 4.79 Å². The van der Waals surface area contributed by atoms with Gasteiger partial charge in [-0.2, -0.15) is 0 Å². The average molecular weight is 372 g/mol. The number of nitrogens with zero attached hydrogens (tertiary/aromatic N) is 1. The van der Waals surface area contributed by atoms with Crippen LogP contribution in [0.15, 0.2) is 60.0 Å². The largest absolute Gasteiger partial charge is 0.325 e. The lowest BCUT2D eigenvalue weighted by Gasteiger charge is -2.08. The van der Waals surface area contributed by atoms with E-state index in [-0.39, 0.29) is 5.96 Å². The molecule has 2 amide bonds. The van der Waals surface area contributed by atoms with Crippen LogP contribution in [0.25, 0.3) is 11.3 Å². The van der Waals surface area contributed by atoms with Crippen LogP contribution < -0.4 is 16.0 Å². The highest BCUT2D eigenvalue weighted by Gasteiger charge is 2.08. The van der Waals surface area contributed by atoms with Crippen molar-refractivity contribution in [3.8, 4) is 11.3 Å². The number of amides is 2. The Hall–Kier alpha value is -2.90. The van der Waals surface area contributed by atoms with Gasteiger partial charge in [-0.05, 0) is 24.3 Å². The van der Waals surface area contributed by atoms with Crippen molar-refractivity contribution in [3.63, 3.8) is 0 Å². The Morgan fingerprint density at radius 2 is 1.76 bits per heavy atom. The highest BCUT2D eigenvalue weighted by molar-refractivity contribution is 7.14. The van der Waals surface area contributed by atoms with E-state index in [1.165, 1.54) is 11.3 Å². The maximum atomic E-state index is 11.9. The molecule has 25 heavy (non-hydrogen) atoms. The summed E-state index contributed by atoms with van der Waals surface area (Å²) >= 11 is 7.15. The molecule has 4 N–H and O–H groups in total. The minimum atomic E-state index is -0.528. The summed E-state index contributed by atoms with van der Waals surface area (Å²) in [6.45, 7) is 0. The topological polar surface area (TPSA) is 89.9 Å². The van der Waals surface area contributed by atoms with Crippen molar-refractivity contribution in [2.45, 2.75) is 0 Å². The van der Waals surface area contributed by atoms with Gasteiger partial charge in [-0.1, -0.05) is 41.9 Å². The Bertz CT molecular complexity index is 880. The van der Waals surface area contributed by atoms with Crippen LogP contribution in [0.2, 0.25) is 5.02 Å². The van der Waals surface area contributed by atoms with Crippen molar-refractivity contribution in [2.24, 2.45) is 0 Å². The molecule has 3 rings (SSSR count). The number of thiazole rings is 1. The molecule has 0 bridgehead atoms. The highest BCUT2D eigenvalue weighted by atomic mass is 35.5. The van der Waals surface area contributed by atoms with Gasteiger partial charge in [-0.3, -0.25) is 10.7 Å². The third-order valence-corrected chi connectivity index (χ3v) is 4.16. The van der Waals surface area contributed by atoms with Crippen LogP contribution >= 0.6 is 22.9 Å². The fraction of sp³-hybridized carbons (Fsp3) is 0. The van der Waals surface area contributed by atoms with Gasteiger partial charge < -0.3 is 10.6 Å². The van der Waals surface area contributed by atoms with Crippen molar-refractivity contribution in [1.29, 1.82) is 5.41 Å². The Kier molecular flexibility index (Phi) is 5.27. The molecule has 126 valence electrons. The van der Waals surface area contributed by atoms with Crippen molar-refractivity contribution in [1.82, 2.24) is 10.3 Å². The first-order chi connectivity index (χ1) is 12.1. The first kappa shape index (κ1) is 16.9. The molecule has 0 radical (unpaired) electrons. The Balaban J connectivity index is 1.55.